The van der Waals surface area contributed by atoms with Crippen molar-refractivity contribution in [3.63, 3.8) is 0 Å². The van der Waals surface area contributed by atoms with Crippen LogP contribution in [0.25, 0.3) is 0 Å². The molecule has 1 rings (SSSR count). The summed E-state index contributed by atoms with van der Waals surface area (Å²) in [5.74, 6) is 0.914. The molecule has 2 N–H and O–H groups in total. The molecular formula is C11H15FN2S. The molecule has 0 atom stereocenters. The Morgan fingerprint density at radius 1 is 1.47 bits per heavy atom. The van der Waals surface area contributed by atoms with Gasteiger partial charge in [-0.1, -0.05) is 19.1 Å². The maximum atomic E-state index is 13.2. The Morgan fingerprint density at radius 2 is 2.20 bits per heavy atom. The summed E-state index contributed by atoms with van der Waals surface area (Å²) in [5.41, 5.74) is 5.66. The molecule has 1 aromatic rings. The van der Waals surface area contributed by atoms with Gasteiger partial charge in [-0.05, 0) is 18.6 Å². The molecule has 2 nitrogen and oxygen atoms in total. The van der Waals surface area contributed by atoms with Gasteiger partial charge in [0.2, 0.25) is 0 Å². The Labute approximate surface area is 93.8 Å². The zero-order valence-electron chi connectivity index (χ0n) is 8.74. The van der Waals surface area contributed by atoms with Gasteiger partial charge < -0.3 is 5.73 Å². The minimum atomic E-state index is -0.203. The van der Waals surface area contributed by atoms with Gasteiger partial charge in [-0.15, -0.1) is 11.8 Å². The van der Waals surface area contributed by atoms with E-state index in [1.807, 2.05) is 13.0 Å². The number of hydrogen-bond acceptors (Lipinski definition) is 2. The smallest absolute Gasteiger partial charge is 0.136 e. The SMILES string of the molecule is CCCN=C(N)CSc1ccccc1F. The Balaban J connectivity index is 2.47. The lowest BCUT2D eigenvalue weighted by atomic mass is 10.3. The third-order valence-electron chi connectivity index (χ3n) is 1.75. The fourth-order valence-electron chi connectivity index (χ4n) is 1.01. The molecule has 0 aliphatic carbocycles. The van der Waals surface area contributed by atoms with Crippen LogP contribution in [0.5, 0.6) is 0 Å². The van der Waals surface area contributed by atoms with Gasteiger partial charge in [-0.3, -0.25) is 4.99 Å². The Morgan fingerprint density at radius 3 is 2.87 bits per heavy atom. The molecule has 4 heteroatoms. The monoisotopic (exact) mass is 226 g/mol. The molecule has 1 aromatic carbocycles. The van der Waals surface area contributed by atoms with Crippen molar-refractivity contribution in [1.29, 1.82) is 0 Å². The van der Waals surface area contributed by atoms with Crippen molar-refractivity contribution in [3.05, 3.63) is 30.1 Å². The molecule has 0 saturated carbocycles. The number of benzene rings is 1. The van der Waals surface area contributed by atoms with Crippen LogP contribution in [0.3, 0.4) is 0 Å². The van der Waals surface area contributed by atoms with E-state index in [2.05, 4.69) is 4.99 Å². The highest BCUT2D eigenvalue weighted by Gasteiger charge is 2.01. The summed E-state index contributed by atoms with van der Waals surface area (Å²) in [6, 6.07) is 6.67. The molecule has 0 heterocycles. The Kier molecular flexibility index (Phi) is 5.18. The zero-order valence-corrected chi connectivity index (χ0v) is 9.56. The van der Waals surface area contributed by atoms with E-state index in [0.717, 1.165) is 13.0 Å². The van der Waals surface area contributed by atoms with Gasteiger partial charge >= 0.3 is 0 Å². The lowest BCUT2D eigenvalue weighted by Gasteiger charge is -2.02. The first-order valence-electron chi connectivity index (χ1n) is 4.90. The molecule has 0 radical (unpaired) electrons. The van der Waals surface area contributed by atoms with Crippen molar-refractivity contribution in [2.24, 2.45) is 10.7 Å². The highest BCUT2D eigenvalue weighted by atomic mass is 32.2. The van der Waals surface area contributed by atoms with E-state index < -0.39 is 0 Å². The van der Waals surface area contributed by atoms with Crippen LogP contribution in [0.1, 0.15) is 13.3 Å². The molecule has 0 aromatic heterocycles. The van der Waals surface area contributed by atoms with Crippen LogP contribution < -0.4 is 5.73 Å². The molecule has 0 amide bonds. The molecule has 0 bridgehead atoms. The minimum Gasteiger partial charge on any atom is -0.387 e. The second-order valence-electron chi connectivity index (χ2n) is 3.09. The second-order valence-corrected chi connectivity index (χ2v) is 4.11. The Bertz CT molecular complexity index is 339. The maximum absolute atomic E-state index is 13.2. The lowest BCUT2D eigenvalue weighted by molar-refractivity contribution is 0.602. The number of thioether (sulfide) groups is 1. The van der Waals surface area contributed by atoms with Crippen LogP contribution in [-0.4, -0.2) is 18.1 Å². The van der Waals surface area contributed by atoms with Crippen molar-refractivity contribution in [2.45, 2.75) is 18.2 Å². The molecular weight excluding hydrogens is 211 g/mol. The van der Waals surface area contributed by atoms with E-state index in [4.69, 9.17) is 5.73 Å². The quantitative estimate of drug-likeness (QED) is 0.476. The molecule has 0 aliphatic heterocycles. The molecule has 15 heavy (non-hydrogen) atoms. The van der Waals surface area contributed by atoms with Crippen molar-refractivity contribution in [1.82, 2.24) is 0 Å². The van der Waals surface area contributed by atoms with E-state index >= 15 is 0 Å². The van der Waals surface area contributed by atoms with Gasteiger partial charge in [0.25, 0.3) is 0 Å². The summed E-state index contributed by atoms with van der Waals surface area (Å²) in [4.78, 5) is 4.76. The number of hydrogen-bond donors (Lipinski definition) is 1. The molecule has 0 unspecified atom stereocenters. The summed E-state index contributed by atoms with van der Waals surface area (Å²) in [5, 5.41) is 0. The maximum Gasteiger partial charge on any atom is 0.136 e. The third-order valence-corrected chi connectivity index (χ3v) is 2.83. The average molecular weight is 226 g/mol. The minimum absolute atomic E-state index is 0.203. The van der Waals surface area contributed by atoms with Gasteiger partial charge in [0.1, 0.15) is 11.7 Å². The van der Waals surface area contributed by atoms with Gasteiger partial charge in [0, 0.05) is 11.4 Å². The number of halogens is 1. The summed E-state index contributed by atoms with van der Waals surface area (Å²) < 4.78 is 13.2. The molecule has 0 saturated heterocycles. The van der Waals surface area contributed by atoms with E-state index in [1.165, 1.54) is 17.8 Å². The highest BCUT2D eigenvalue weighted by molar-refractivity contribution is 8.00. The predicted molar refractivity (Wildman–Crippen MR) is 63.9 cm³/mol. The van der Waals surface area contributed by atoms with E-state index in [0.29, 0.717) is 16.5 Å². The standard InChI is InChI=1S/C11H15FN2S/c1-2-7-14-11(13)8-15-10-6-4-3-5-9(10)12/h3-6H,2,7-8H2,1H3,(H2,13,14). The van der Waals surface area contributed by atoms with Crippen LogP contribution in [0.4, 0.5) is 4.39 Å². The first kappa shape index (κ1) is 12.0. The number of aliphatic imine (C=N–C) groups is 1. The summed E-state index contributed by atoms with van der Waals surface area (Å²) in [6.07, 6.45) is 0.977. The fourth-order valence-corrected chi connectivity index (χ4v) is 1.79. The zero-order chi connectivity index (χ0) is 11.1. The van der Waals surface area contributed by atoms with Crippen molar-refractivity contribution in [2.75, 3.05) is 12.3 Å². The van der Waals surface area contributed by atoms with E-state index in [-0.39, 0.29) is 5.82 Å². The third kappa shape index (κ3) is 4.34. The fraction of sp³-hybridized carbons (Fsp3) is 0.364. The van der Waals surface area contributed by atoms with Crippen LogP contribution in [0.2, 0.25) is 0 Å². The lowest BCUT2D eigenvalue weighted by Crippen LogP contribution is -2.15. The second kappa shape index (κ2) is 6.45. The molecule has 0 fully saturated rings. The molecule has 0 aliphatic rings. The normalized spacial score (nSPS) is 11.7. The molecule has 0 spiro atoms. The van der Waals surface area contributed by atoms with Gasteiger partial charge in [-0.2, -0.15) is 0 Å². The summed E-state index contributed by atoms with van der Waals surface area (Å²) in [6.45, 7) is 2.78. The van der Waals surface area contributed by atoms with E-state index in [9.17, 15) is 4.39 Å². The van der Waals surface area contributed by atoms with Crippen LogP contribution in [-0.2, 0) is 0 Å². The van der Waals surface area contributed by atoms with Crippen molar-refractivity contribution in [3.8, 4) is 0 Å². The number of amidine groups is 1. The summed E-state index contributed by atoms with van der Waals surface area (Å²) in [7, 11) is 0. The largest absolute Gasteiger partial charge is 0.387 e. The molecule has 82 valence electrons. The number of rotatable bonds is 5. The average Bonchev–Trinajstić information content (AvgIpc) is 2.25. The number of nitrogens with two attached hydrogens (primary N) is 1. The first-order chi connectivity index (χ1) is 7.24. The Hall–Kier alpha value is -1.03. The van der Waals surface area contributed by atoms with Crippen molar-refractivity contribution >= 4 is 17.6 Å². The number of nitrogens with zero attached hydrogens (tertiary/aromatic N) is 1. The first-order valence-corrected chi connectivity index (χ1v) is 5.88. The highest BCUT2D eigenvalue weighted by Crippen LogP contribution is 2.20. The van der Waals surface area contributed by atoms with Crippen molar-refractivity contribution < 1.29 is 4.39 Å². The van der Waals surface area contributed by atoms with Crippen LogP contribution >= 0.6 is 11.8 Å². The van der Waals surface area contributed by atoms with Crippen LogP contribution in [0.15, 0.2) is 34.2 Å². The van der Waals surface area contributed by atoms with Gasteiger partial charge in [0.05, 0.1) is 5.75 Å². The summed E-state index contributed by atoms with van der Waals surface area (Å²) >= 11 is 1.37. The van der Waals surface area contributed by atoms with Gasteiger partial charge in [-0.25, -0.2) is 4.39 Å². The van der Waals surface area contributed by atoms with Gasteiger partial charge in [0.15, 0.2) is 0 Å². The predicted octanol–water partition coefficient (Wildman–Crippen LogP) is 2.69. The van der Waals surface area contributed by atoms with Crippen LogP contribution in [0, 0.1) is 5.82 Å². The topological polar surface area (TPSA) is 38.4 Å². The van der Waals surface area contributed by atoms with E-state index in [1.54, 1.807) is 12.1 Å².